The van der Waals surface area contributed by atoms with Crippen LogP contribution in [0, 0.1) is 0 Å². The molecule has 0 radical (unpaired) electrons. The van der Waals surface area contributed by atoms with Crippen LogP contribution in [-0.4, -0.2) is 50.4 Å². The fourth-order valence-electron chi connectivity index (χ4n) is 3.29. The summed E-state index contributed by atoms with van der Waals surface area (Å²) in [5.74, 6) is 1.83. The third kappa shape index (κ3) is 3.98. The van der Waals surface area contributed by atoms with Gasteiger partial charge in [-0.3, -0.25) is 4.99 Å². The summed E-state index contributed by atoms with van der Waals surface area (Å²) >= 11 is 1.94. The minimum absolute atomic E-state index is 0.237. The van der Waals surface area contributed by atoms with Gasteiger partial charge in [0.15, 0.2) is 5.96 Å². The highest BCUT2D eigenvalue weighted by Crippen LogP contribution is 2.33. The summed E-state index contributed by atoms with van der Waals surface area (Å²) in [7, 11) is 1.83. The van der Waals surface area contributed by atoms with Gasteiger partial charge in [-0.1, -0.05) is 18.2 Å². The molecule has 0 aliphatic carbocycles. The fourth-order valence-corrected chi connectivity index (χ4v) is 4.08. The van der Waals surface area contributed by atoms with Crippen molar-refractivity contribution < 1.29 is 9.47 Å². The summed E-state index contributed by atoms with van der Waals surface area (Å²) in [4.78, 5) is 4.42. The summed E-state index contributed by atoms with van der Waals surface area (Å²) in [5.41, 5.74) is 1.21. The number of rotatable bonds is 4. The van der Waals surface area contributed by atoms with Gasteiger partial charge in [0.25, 0.3) is 0 Å². The van der Waals surface area contributed by atoms with Crippen molar-refractivity contribution in [2.45, 2.75) is 30.1 Å². The van der Waals surface area contributed by atoms with Crippen LogP contribution in [0.1, 0.15) is 30.9 Å². The van der Waals surface area contributed by atoms with Crippen molar-refractivity contribution in [1.29, 1.82) is 0 Å². The summed E-state index contributed by atoms with van der Waals surface area (Å²) in [6.45, 7) is 3.34. The molecule has 2 aliphatic rings. The lowest BCUT2D eigenvalue weighted by Gasteiger charge is -2.36. The number of para-hydroxylation sites is 1. The van der Waals surface area contributed by atoms with Crippen molar-refractivity contribution in [2.75, 3.05) is 39.7 Å². The van der Waals surface area contributed by atoms with Crippen molar-refractivity contribution in [3.63, 3.8) is 0 Å². The first-order valence-corrected chi connectivity index (χ1v) is 9.81. The van der Waals surface area contributed by atoms with Gasteiger partial charge >= 0.3 is 0 Å². The molecule has 5 nitrogen and oxygen atoms in total. The average molecular weight is 350 g/mol. The number of thioether (sulfide) groups is 1. The van der Waals surface area contributed by atoms with Crippen LogP contribution < -0.4 is 15.4 Å². The second-order valence-electron chi connectivity index (χ2n) is 6.30. The zero-order chi connectivity index (χ0) is 16.8. The van der Waals surface area contributed by atoms with Crippen LogP contribution in [0.2, 0.25) is 0 Å². The monoisotopic (exact) mass is 349 g/mol. The standard InChI is InChI=1S/C18H27N3O2S/c1-19-17(20-13-18(24-2)8-11-22-12-9-18)21-15-7-10-23-16-6-4-3-5-14(15)16/h3-6,15H,7-13H2,1-2H3,(H2,19,20,21). The number of fused-ring (bicyclic) bond motifs is 1. The maximum absolute atomic E-state index is 5.74. The van der Waals surface area contributed by atoms with Crippen LogP contribution in [0.25, 0.3) is 0 Å². The van der Waals surface area contributed by atoms with E-state index in [-0.39, 0.29) is 10.8 Å². The van der Waals surface area contributed by atoms with E-state index in [1.54, 1.807) is 0 Å². The molecule has 24 heavy (non-hydrogen) atoms. The first-order chi connectivity index (χ1) is 11.8. The fraction of sp³-hybridized carbons (Fsp3) is 0.611. The molecule has 1 atom stereocenters. The lowest BCUT2D eigenvalue weighted by molar-refractivity contribution is 0.0782. The quantitative estimate of drug-likeness (QED) is 0.646. The predicted octanol–water partition coefficient (Wildman–Crippen LogP) is 2.59. The Hall–Kier alpha value is -1.40. The van der Waals surface area contributed by atoms with Crippen LogP contribution >= 0.6 is 11.8 Å². The lowest BCUT2D eigenvalue weighted by atomic mass is 9.99. The van der Waals surface area contributed by atoms with E-state index in [4.69, 9.17) is 9.47 Å². The van der Waals surface area contributed by atoms with Gasteiger partial charge in [0.1, 0.15) is 5.75 Å². The van der Waals surface area contributed by atoms with E-state index in [0.717, 1.165) is 57.3 Å². The van der Waals surface area contributed by atoms with E-state index in [1.807, 2.05) is 30.9 Å². The van der Waals surface area contributed by atoms with E-state index in [1.165, 1.54) is 5.56 Å². The first-order valence-electron chi connectivity index (χ1n) is 8.58. The van der Waals surface area contributed by atoms with Gasteiger partial charge in [0, 0.05) is 43.5 Å². The van der Waals surface area contributed by atoms with E-state index in [2.05, 4.69) is 34.0 Å². The van der Waals surface area contributed by atoms with Gasteiger partial charge in [-0.2, -0.15) is 11.8 Å². The second-order valence-corrected chi connectivity index (χ2v) is 7.57. The van der Waals surface area contributed by atoms with Crippen molar-refractivity contribution in [1.82, 2.24) is 10.6 Å². The van der Waals surface area contributed by atoms with Crippen LogP contribution in [-0.2, 0) is 4.74 Å². The molecule has 2 N–H and O–H groups in total. The number of guanidine groups is 1. The number of hydrogen-bond acceptors (Lipinski definition) is 4. The highest BCUT2D eigenvalue weighted by Gasteiger charge is 2.32. The maximum Gasteiger partial charge on any atom is 0.191 e. The highest BCUT2D eigenvalue weighted by molar-refractivity contribution is 8.00. The number of hydrogen-bond donors (Lipinski definition) is 2. The molecule has 2 aliphatic heterocycles. The van der Waals surface area contributed by atoms with Crippen LogP contribution in [0.15, 0.2) is 29.3 Å². The molecule has 0 bridgehead atoms. The molecule has 0 saturated carbocycles. The third-order valence-corrected chi connectivity index (χ3v) is 6.33. The Morgan fingerprint density at radius 1 is 1.29 bits per heavy atom. The lowest BCUT2D eigenvalue weighted by Crippen LogP contribution is -2.48. The van der Waals surface area contributed by atoms with Gasteiger partial charge < -0.3 is 20.1 Å². The number of nitrogens with one attached hydrogen (secondary N) is 2. The Labute approximate surface area is 148 Å². The summed E-state index contributed by atoms with van der Waals surface area (Å²) < 4.78 is 11.5. The molecule has 0 aromatic heterocycles. The van der Waals surface area contributed by atoms with E-state index in [9.17, 15) is 0 Å². The van der Waals surface area contributed by atoms with Gasteiger partial charge in [0.05, 0.1) is 12.6 Å². The zero-order valence-corrected chi connectivity index (χ0v) is 15.3. The van der Waals surface area contributed by atoms with E-state index in [0.29, 0.717) is 0 Å². The minimum atomic E-state index is 0.237. The largest absolute Gasteiger partial charge is 0.493 e. The maximum atomic E-state index is 5.74. The normalized spacial score (nSPS) is 23.1. The van der Waals surface area contributed by atoms with E-state index >= 15 is 0 Å². The Bertz CT molecular complexity index is 573. The molecule has 1 saturated heterocycles. The smallest absolute Gasteiger partial charge is 0.191 e. The van der Waals surface area contributed by atoms with Gasteiger partial charge in [-0.05, 0) is 25.2 Å². The third-order valence-electron chi connectivity index (χ3n) is 4.91. The number of ether oxygens (including phenoxy) is 2. The Balaban J connectivity index is 1.62. The molecule has 0 spiro atoms. The van der Waals surface area contributed by atoms with Crippen molar-refractivity contribution >= 4 is 17.7 Å². The molecule has 132 valence electrons. The molecule has 1 unspecified atom stereocenters. The first kappa shape index (κ1) is 17.4. The van der Waals surface area contributed by atoms with Gasteiger partial charge in [-0.15, -0.1) is 0 Å². The molecule has 1 fully saturated rings. The van der Waals surface area contributed by atoms with Gasteiger partial charge in [-0.25, -0.2) is 0 Å². The average Bonchev–Trinajstić information content (AvgIpc) is 2.66. The van der Waals surface area contributed by atoms with Crippen molar-refractivity contribution in [3.05, 3.63) is 29.8 Å². The Morgan fingerprint density at radius 3 is 2.83 bits per heavy atom. The van der Waals surface area contributed by atoms with Crippen LogP contribution in [0.3, 0.4) is 0 Å². The van der Waals surface area contributed by atoms with Crippen LogP contribution in [0.5, 0.6) is 5.75 Å². The predicted molar refractivity (Wildman–Crippen MR) is 100 cm³/mol. The molecule has 3 rings (SSSR count). The molecular weight excluding hydrogens is 322 g/mol. The molecular formula is C18H27N3O2S. The number of benzene rings is 1. The molecule has 6 heteroatoms. The number of nitrogens with zero attached hydrogens (tertiary/aromatic N) is 1. The Morgan fingerprint density at radius 2 is 2.08 bits per heavy atom. The topological polar surface area (TPSA) is 54.9 Å². The molecule has 0 amide bonds. The molecule has 1 aromatic rings. The summed E-state index contributed by atoms with van der Waals surface area (Å²) in [5, 5.41) is 7.09. The SMILES string of the molecule is CN=C(NCC1(SC)CCOCC1)NC1CCOc2ccccc21. The molecule has 2 heterocycles. The summed E-state index contributed by atoms with van der Waals surface area (Å²) in [6, 6.07) is 8.47. The molecule has 1 aromatic carbocycles. The zero-order valence-electron chi connectivity index (χ0n) is 14.5. The second kappa shape index (κ2) is 8.12. The summed E-state index contributed by atoms with van der Waals surface area (Å²) in [6.07, 6.45) is 5.30. The number of aliphatic imine (C=N–C) groups is 1. The van der Waals surface area contributed by atoms with Gasteiger partial charge in [0.2, 0.25) is 0 Å². The van der Waals surface area contributed by atoms with E-state index < -0.39 is 0 Å². The van der Waals surface area contributed by atoms with Crippen molar-refractivity contribution in [3.8, 4) is 5.75 Å². The van der Waals surface area contributed by atoms with Crippen molar-refractivity contribution in [2.24, 2.45) is 4.99 Å². The minimum Gasteiger partial charge on any atom is -0.493 e. The Kier molecular flexibility index (Phi) is 5.89. The van der Waals surface area contributed by atoms with Crippen LogP contribution in [0.4, 0.5) is 0 Å². The highest BCUT2D eigenvalue weighted by atomic mass is 32.2.